The summed E-state index contributed by atoms with van der Waals surface area (Å²) in [5.74, 6) is 1.66. The number of carbonyl (C=O) groups excluding carboxylic acids is 1. The number of aryl methyl sites for hydroxylation is 1. The van der Waals surface area contributed by atoms with Crippen LogP contribution in [0.3, 0.4) is 0 Å². The molecule has 5 rings (SSSR count). The van der Waals surface area contributed by atoms with Gasteiger partial charge in [-0.15, -0.1) is 0 Å². The van der Waals surface area contributed by atoms with Crippen LogP contribution in [-0.4, -0.2) is 61.1 Å². The topological polar surface area (TPSA) is 117 Å². The van der Waals surface area contributed by atoms with E-state index in [4.69, 9.17) is 16.3 Å². The zero-order valence-corrected chi connectivity index (χ0v) is 25.3. The van der Waals surface area contributed by atoms with Crippen LogP contribution in [0.2, 0.25) is 5.02 Å². The van der Waals surface area contributed by atoms with Gasteiger partial charge in [-0.2, -0.15) is 4.98 Å². The number of benzene rings is 2. The molecule has 1 aromatic heterocycles. The molecule has 0 radical (unpaired) electrons. The normalized spacial score (nSPS) is 17.7. The number of aliphatic hydroxyl groups is 1. The van der Waals surface area contributed by atoms with Crippen molar-refractivity contribution in [1.29, 1.82) is 0 Å². The third kappa shape index (κ3) is 6.19. The van der Waals surface area contributed by atoms with Gasteiger partial charge in [-0.3, -0.25) is 9.00 Å². The number of amides is 1. The fraction of sp³-hybridized carbons (Fsp3) is 0.433. The van der Waals surface area contributed by atoms with Crippen LogP contribution in [-0.2, 0) is 22.0 Å². The molecule has 9 nitrogen and oxygen atoms in total. The first-order chi connectivity index (χ1) is 19.7. The third-order valence-corrected chi connectivity index (χ3v) is 9.53. The number of aromatic nitrogens is 2. The zero-order chi connectivity index (χ0) is 29.3. The van der Waals surface area contributed by atoms with Gasteiger partial charge in [0, 0.05) is 30.3 Å². The van der Waals surface area contributed by atoms with Crippen LogP contribution in [0.25, 0.3) is 0 Å². The van der Waals surface area contributed by atoms with Gasteiger partial charge in [-0.25, -0.2) is 4.98 Å². The van der Waals surface area contributed by atoms with Crippen LogP contribution in [0.5, 0.6) is 5.75 Å². The van der Waals surface area contributed by atoms with Crippen molar-refractivity contribution in [2.24, 2.45) is 0 Å². The molecule has 41 heavy (non-hydrogen) atoms. The molecule has 3 heterocycles. The van der Waals surface area contributed by atoms with Crippen molar-refractivity contribution in [3.8, 4) is 5.75 Å². The average molecular weight is 598 g/mol. The molecule has 2 unspecified atom stereocenters. The van der Waals surface area contributed by atoms with Gasteiger partial charge in [0.1, 0.15) is 23.5 Å². The fourth-order valence-electron chi connectivity index (χ4n) is 5.69. The fourth-order valence-corrected chi connectivity index (χ4v) is 6.89. The molecule has 0 saturated carbocycles. The highest BCUT2D eigenvalue weighted by atomic mass is 35.5. The third-order valence-electron chi connectivity index (χ3n) is 7.61. The summed E-state index contributed by atoms with van der Waals surface area (Å²) in [6.07, 6.45) is 4.06. The van der Waals surface area contributed by atoms with Crippen molar-refractivity contribution in [2.45, 2.75) is 69.1 Å². The summed E-state index contributed by atoms with van der Waals surface area (Å²) in [6, 6.07) is 9.51. The number of fused-ring (bicyclic) bond motifs is 1. The quantitative estimate of drug-likeness (QED) is 0.313. The van der Waals surface area contributed by atoms with Gasteiger partial charge >= 0.3 is 0 Å². The lowest BCUT2D eigenvalue weighted by Crippen LogP contribution is -2.39. The Balaban J connectivity index is 1.42. The van der Waals surface area contributed by atoms with Crippen molar-refractivity contribution in [3.63, 3.8) is 0 Å². The number of aliphatic hydroxyl groups excluding tert-OH is 1. The van der Waals surface area contributed by atoms with Crippen molar-refractivity contribution in [1.82, 2.24) is 14.9 Å². The Labute approximate surface area is 248 Å². The number of anilines is 4. The van der Waals surface area contributed by atoms with E-state index in [1.54, 1.807) is 4.90 Å². The number of halogens is 1. The van der Waals surface area contributed by atoms with E-state index in [1.807, 2.05) is 38.1 Å². The second-order valence-corrected chi connectivity index (χ2v) is 13.3. The van der Waals surface area contributed by atoms with E-state index in [9.17, 15) is 14.1 Å². The highest BCUT2D eigenvalue weighted by molar-refractivity contribution is 7.85. The molecule has 3 aromatic rings. The summed E-state index contributed by atoms with van der Waals surface area (Å²) in [5, 5.41) is 16.1. The van der Waals surface area contributed by atoms with Crippen LogP contribution in [0.15, 0.2) is 41.4 Å². The van der Waals surface area contributed by atoms with Gasteiger partial charge in [0.05, 0.1) is 33.3 Å². The van der Waals surface area contributed by atoms with E-state index in [0.29, 0.717) is 46.4 Å². The minimum Gasteiger partial charge on any atom is -0.488 e. The van der Waals surface area contributed by atoms with E-state index < -0.39 is 17.4 Å². The summed E-state index contributed by atoms with van der Waals surface area (Å²) < 4.78 is 19.2. The maximum atomic E-state index is 12.9. The van der Waals surface area contributed by atoms with Crippen LogP contribution < -0.4 is 15.4 Å². The lowest BCUT2D eigenvalue weighted by atomic mass is 9.82. The zero-order valence-electron chi connectivity index (χ0n) is 23.7. The number of ether oxygens (including phenoxy) is 1. The van der Waals surface area contributed by atoms with Gasteiger partial charge in [0.15, 0.2) is 5.82 Å². The monoisotopic (exact) mass is 597 g/mol. The summed E-state index contributed by atoms with van der Waals surface area (Å²) in [5.41, 5.74) is 5.09. The minimum absolute atomic E-state index is 0.0313. The number of nitrogens with zero attached hydrogens (tertiary/aromatic N) is 3. The Bertz CT molecular complexity index is 1480. The van der Waals surface area contributed by atoms with Crippen molar-refractivity contribution in [3.05, 3.63) is 58.2 Å². The van der Waals surface area contributed by atoms with Crippen LogP contribution in [0.4, 0.5) is 23.1 Å². The summed E-state index contributed by atoms with van der Waals surface area (Å²) in [6.45, 7) is 8.83. The van der Waals surface area contributed by atoms with Gasteiger partial charge in [-0.05, 0) is 61.9 Å². The number of hydrogen-bond donors (Lipinski definition) is 3. The first kappa shape index (κ1) is 29.3. The number of carbonyl (C=O) groups is 1. The maximum absolute atomic E-state index is 12.9. The van der Waals surface area contributed by atoms with Crippen LogP contribution in [0.1, 0.15) is 56.2 Å². The molecule has 2 aromatic carbocycles. The summed E-state index contributed by atoms with van der Waals surface area (Å²) >= 11 is 6.47. The highest BCUT2D eigenvalue weighted by Gasteiger charge is 2.32. The molecular formula is C30H36ClN5O4S. The molecule has 0 spiro atoms. The predicted octanol–water partition coefficient (Wildman–Crippen LogP) is 5.46. The Hall–Kier alpha value is -3.21. The highest BCUT2D eigenvalue weighted by Crippen LogP contribution is 2.46. The maximum Gasteiger partial charge on any atom is 0.248 e. The molecule has 0 aliphatic carbocycles. The Morgan fingerprint density at radius 1 is 1.22 bits per heavy atom. The smallest absolute Gasteiger partial charge is 0.248 e. The molecular weight excluding hydrogens is 562 g/mol. The first-order valence-electron chi connectivity index (χ1n) is 13.9. The van der Waals surface area contributed by atoms with Crippen molar-refractivity contribution in [2.75, 3.05) is 30.3 Å². The van der Waals surface area contributed by atoms with Crippen molar-refractivity contribution >= 4 is 51.4 Å². The van der Waals surface area contributed by atoms with E-state index >= 15 is 0 Å². The number of hydrogen-bond acceptors (Lipinski definition) is 8. The predicted molar refractivity (Wildman–Crippen MR) is 162 cm³/mol. The summed E-state index contributed by atoms with van der Waals surface area (Å²) in [7, 11) is -1.19. The standard InChI is InChI=1S/C30H36ClN5O4S/c1-17(2)41(39)25-8-6-5-7-23(25)33-29-22(31)15-32-30(35-29)34-24-13-18(3)27(21-14-19(4)40-28(21)24)20-9-11-36(12-10-20)26(38)16-37/h5-8,13,15,17,19-20,37H,9-12,14,16H2,1-4H3,(H2,32,33,34,35). The molecule has 1 fully saturated rings. The first-order valence-corrected chi connectivity index (χ1v) is 15.5. The number of piperidine rings is 1. The number of rotatable bonds is 8. The van der Waals surface area contributed by atoms with Gasteiger partial charge in [0.25, 0.3) is 0 Å². The van der Waals surface area contributed by atoms with Crippen LogP contribution in [0, 0.1) is 6.92 Å². The molecule has 2 atom stereocenters. The van der Waals surface area contributed by atoms with E-state index in [2.05, 4.69) is 40.5 Å². The number of para-hydroxylation sites is 1. The lowest BCUT2D eigenvalue weighted by molar-refractivity contribution is -0.135. The van der Waals surface area contributed by atoms with Gasteiger partial charge < -0.3 is 25.4 Å². The van der Waals surface area contributed by atoms with E-state index in [1.165, 1.54) is 17.3 Å². The molecule has 218 valence electrons. The Kier molecular flexibility index (Phi) is 8.82. The molecule has 2 aliphatic heterocycles. The largest absolute Gasteiger partial charge is 0.488 e. The van der Waals surface area contributed by atoms with Gasteiger partial charge in [-0.1, -0.05) is 37.6 Å². The molecule has 1 amide bonds. The number of nitrogens with one attached hydrogen (secondary N) is 2. The molecule has 3 N–H and O–H groups in total. The Morgan fingerprint density at radius 3 is 2.66 bits per heavy atom. The van der Waals surface area contributed by atoms with Gasteiger partial charge in [0.2, 0.25) is 11.9 Å². The minimum atomic E-state index is -1.19. The van der Waals surface area contributed by atoms with E-state index in [0.717, 1.165) is 36.3 Å². The number of likely N-dealkylation sites (tertiary alicyclic amines) is 1. The second-order valence-electron chi connectivity index (χ2n) is 10.9. The molecule has 1 saturated heterocycles. The second kappa shape index (κ2) is 12.3. The van der Waals surface area contributed by atoms with Crippen LogP contribution >= 0.6 is 11.6 Å². The lowest BCUT2D eigenvalue weighted by Gasteiger charge is -2.33. The molecule has 2 aliphatic rings. The molecule has 11 heteroatoms. The molecule has 0 bridgehead atoms. The SMILES string of the molecule is Cc1cc(Nc2ncc(Cl)c(Nc3ccccc3S(=O)C(C)C)n2)c2c(c1C1CCN(C(=O)CO)CC1)CC(C)O2. The summed E-state index contributed by atoms with van der Waals surface area (Å²) in [4.78, 5) is 23.4. The van der Waals surface area contributed by atoms with Crippen molar-refractivity contribution < 1.29 is 18.8 Å². The Morgan fingerprint density at radius 2 is 1.95 bits per heavy atom. The average Bonchev–Trinajstić information content (AvgIpc) is 3.35. The van der Waals surface area contributed by atoms with E-state index in [-0.39, 0.29) is 17.3 Å².